The summed E-state index contributed by atoms with van der Waals surface area (Å²) < 4.78 is 5.55. The highest BCUT2D eigenvalue weighted by atomic mass is 16.5. The Morgan fingerprint density at radius 3 is 2.22 bits per heavy atom. The molecule has 2 aromatic heterocycles. The van der Waals surface area contributed by atoms with E-state index in [-0.39, 0.29) is 11.9 Å². The third kappa shape index (κ3) is 5.46. The van der Waals surface area contributed by atoms with Gasteiger partial charge in [0.1, 0.15) is 0 Å². The van der Waals surface area contributed by atoms with E-state index in [4.69, 9.17) is 25.4 Å². The van der Waals surface area contributed by atoms with Crippen LogP contribution in [0.1, 0.15) is 57.8 Å². The zero-order valence-corrected chi connectivity index (χ0v) is 21.5. The summed E-state index contributed by atoms with van der Waals surface area (Å²) in [5.74, 6) is 2.76. The normalized spacial score (nSPS) is 21.7. The van der Waals surface area contributed by atoms with Crippen molar-refractivity contribution in [2.45, 2.75) is 69.9 Å². The average Bonchev–Trinajstić information content (AvgIpc) is 3.80. The molecule has 198 valence electrons. The summed E-state index contributed by atoms with van der Waals surface area (Å²) in [6.45, 7) is 4.41. The number of aromatic nitrogens is 5. The molecule has 2 saturated heterocycles. The Morgan fingerprint density at radius 2 is 1.54 bits per heavy atom. The Balaban J connectivity index is 1.25. The Hall–Kier alpha value is -3.08. The van der Waals surface area contributed by atoms with Crippen LogP contribution in [-0.2, 0) is 9.53 Å². The van der Waals surface area contributed by atoms with Crippen molar-refractivity contribution in [2.75, 3.05) is 54.9 Å². The van der Waals surface area contributed by atoms with Crippen molar-refractivity contribution in [3.63, 3.8) is 0 Å². The number of ether oxygens (including phenoxy) is 1. The number of anilines is 3. The van der Waals surface area contributed by atoms with Gasteiger partial charge in [0, 0.05) is 56.6 Å². The van der Waals surface area contributed by atoms with Crippen LogP contribution in [0.2, 0.25) is 0 Å². The molecule has 0 bridgehead atoms. The summed E-state index contributed by atoms with van der Waals surface area (Å²) in [6, 6.07) is 0.736. The predicted octanol–water partition coefficient (Wildman–Crippen LogP) is 2.29. The van der Waals surface area contributed by atoms with Gasteiger partial charge in [0.05, 0.1) is 18.8 Å². The first-order valence-corrected chi connectivity index (χ1v) is 13.9. The zero-order valence-electron chi connectivity index (χ0n) is 21.5. The lowest BCUT2D eigenvalue weighted by Crippen LogP contribution is -2.49. The predicted molar refractivity (Wildman–Crippen MR) is 140 cm³/mol. The van der Waals surface area contributed by atoms with E-state index in [1.807, 2.05) is 0 Å². The molecule has 6 rings (SSSR count). The number of nitrogens with two attached hydrogens (primary N) is 1. The van der Waals surface area contributed by atoms with Gasteiger partial charge in [0.15, 0.2) is 5.82 Å². The molecular formula is C26H37N9O2. The van der Waals surface area contributed by atoms with Gasteiger partial charge in [-0.3, -0.25) is 4.79 Å². The maximum Gasteiger partial charge on any atom is 0.231 e. The molecule has 1 amide bonds. The number of likely N-dealkylation sites (tertiary alicyclic amines) is 1. The number of rotatable bonds is 6. The number of hydrogen-bond donors (Lipinski definition) is 1. The molecule has 4 heterocycles. The second-order valence-corrected chi connectivity index (χ2v) is 10.7. The fraction of sp³-hybridized carbons (Fsp3) is 0.692. The van der Waals surface area contributed by atoms with Gasteiger partial charge in [-0.25, -0.2) is 9.97 Å². The van der Waals surface area contributed by atoms with E-state index in [0.717, 1.165) is 70.3 Å². The maximum atomic E-state index is 13.1. The minimum Gasteiger partial charge on any atom is -0.378 e. The van der Waals surface area contributed by atoms with E-state index >= 15 is 0 Å². The first-order valence-electron chi connectivity index (χ1n) is 13.9. The molecule has 0 radical (unpaired) electrons. The number of amides is 1. The molecule has 0 unspecified atom stereocenters. The van der Waals surface area contributed by atoms with Gasteiger partial charge in [-0.05, 0) is 38.5 Å². The SMILES string of the molecule is Nc1ncc(-c2nc(N3CCOCC3)nc(N(C3CC3)C3CCN(C(=O)C4CCCCC4)CC3)n2)cn1. The molecule has 37 heavy (non-hydrogen) atoms. The van der Waals surface area contributed by atoms with Crippen LogP contribution in [0.5, 0.6) is 0 Å². The quantitative estimate of drug-likeness (QED) is 0.622. The summed E-state index contributed by atoms with van der Waals surface area (Å²) in [4.78, 5) is 42.9. The zero-order chi connectivity index (χ0) is 25.2. The van der Waals surface area contributed by atoms with E-state index in [0.29, 0.717) is 48.9 Å². The van der Waals surface area contributed by atoms with Crippen LogP contribution < -0.4 is 15.5 Å². The van der Waals surface area contributed by atoms with Crippen LogP contribution >= 0.6 is 0 Å². The lowest BCUT2D eigenvalue weighted by atomic mass is 9.87. The maximum absolute atomic E-state index is 13.1. The second kappa shape index (κ2) is 10.7. The topological polar surface area (TPSA) is 126 Å². The molecule has 2 aliphatic carbocycles. The van der Waals surface area contributed by atoms with Gasteiger partial charge < -0.3 is 25.2 Å². The third-order valence-corrected chi connectivity index (χ3v) is 8.13. The number of nitrogen functional groups attached to an aromatic ring is 1. The van der Waals surface area contributed by atoms with Crippen molar-refractivity contribution in [1.29, 1.82) is 0 Å². The average molecular weight is 508 g/mol. The largest absolute Gasteiger partial charge is 0.378 e. The van der Waals surface area contributed by atoms with Gasteiger partial charge in [0.25, 0.3) is 0 Å². The minimum atomic E-state index is 0.223. The number of carbonyl (C=O) groups excluding carboxylic acids is 1. The van der Waals surface area contributed by atoms with Crippen molar-refractivity contribution in [2.24, 2.45) is 5.92 Å². The van der Waals surface area contributed by atoms with Gasteiger partial charge >= 0.3 is 0 Å². The highest BCUT2D eigenvalue weighted by Gasteiger charge is 2.39. The fourth-order valence-electron chi connectivity index (χ4n) is 5.91. The first-order chi connectivity index (χ1) is 18.2. The summed E-state index contributed by atoms with van der Waals surface area (Å²) in [5, 5.41) is 0. The van der Waals surface area contributed by atoms with Crippen LogP contribution in [0.25, 0.3) is 11.4 Å². The molecule has 11 heteroatoms. The van der Waals surface area contributed by atoms with Crippen molar-refractivity contribution in [1.82, 2.24) is 29.8 Å². The first kappa shape index (κ1) is 24.3. The monoisotopic (exact) mass is 507 g/mol. The van der Waals surface area contributed by atoms with Gasteiger partial charge in [-0.2, -0.15) is 15.0 Å². The molecule has 2 saturated carbocycles. The number of piperidine rings is 1. The van der Waals surface area contributed by atoms with Crippen LogP contribution in [0.3, 0.4) is 0 Å². The van der Waals surface area contributed by atoms with Crippen molar-refractivity contribution in [3.05, 3.63) is 12.4 Å². The third-order valence-electron chi connectivity index (χ3n) is 8.13. The van der Waals surface area contributed by atoms with Crippen LogP contribution in [0.4, 0.5) is 17.8 Å². The van der Waals surface area contributed by atoms with Crippen LogP contribution in [-0.4, -0.2) is 87.2 Å². The molecule has 2 aromatic rings. The van der Waals surface area contributed by atoms with Crippen LogP contribution in [0.15, 0.2) is 12.4 Å². The second-order valence-electron chi connectivity index (χ2n) is 10.7. The molecular weight excluding hydrogens is 470 g/mol. The lowest BCUT2D eigenvalue weighted by molar-refractivity contribution is -0.137. The number of carbonyl (C=O) groups is 1. The smallest absolute Gasteiger partial charge is 0.231 e. The number of morpholine rings is 1. The lowest BCUT2D eigenvalue weighted by Gasteiger charge is -2.40. The van der Waals surface area contributed by atoms with E-state index < -0.39 is 0 Å². The molecule has 2 N–H and O–H groups in total. The van der Waals surface area contributed by atoms with Crippen LogP contribution in [0, 0.1) is 5.92 Å². The molecule has 0 spiro atoms. The van der Waals surface area contributed by atoms with E-state index in [2.05, 4.69) is 24.7 Å². The van der Waals surface area contributed by atoms with E-state index in [1.54, 1.807) is 12.4 Å². The molecule has 0 aromatic carbocycles. The summed E-state index contributed by atoms with van der Waals surface area (Å²) in [5.41, 5.74) is 6.44. The summed E-state index contributed by atoms with van der Waals surface area (Å²) >= 11 is 0. The summed E-state index contributed by atoms with van der Waals surface area (Å²) in [6.07, 6.45) is 13.2. The highest BCUT2D eigenvalue weighted by Crippen LogP contribution is 2.36. The fourth-order valence-corrected chi connectivity index (χ4v) is 5.91. The highest BCUT2D eigenvalue weighted by molar-refractivity contribution is 5.79. The van der Waals surface area contributed by atoms with Crippen molar-refractivity contribution in [3.8, 4) is 11.4 Å². The molecule has 11 nitrogen and oxygen atoms in total. The van der Waals surface area contributed by atoms with Gasteiger partial charge in [-0.1, -0.05) is 19.3 Å². The number of nitrogens with zero attached hydrogens (tertiary/aromatic N) is 8. The Kier molecular flexibility index (Phi) is 7.04. The van der Waals surface area contributed by atoms with Gasteiger partial charge in [0.2, 0.25) is 23.8 Å². The Morgan fingerprint density at radius 1 is 0.865 bits per heavy atom. The molecule has 0 atom stereocenters. The van der Waals surface area contributed by atoms with Crippen molar-refractivity contribution < 1.29 is 9.53 Å². The number of hydrogen-bond acceptors (Lipinski definition) is 10. The van der Waals surface area contributed by atoms with E-state index in [9.17, 15) is 4.79 Å². The Labute approximate surface area is 217 Å². The standard InChI is InChI=1S/C26H37N9O2/c27-24-28-16-19(17-29-24)22-30-25(34-12-14-37-15-13-34)32-26(31-22)35(20-6-7-20)21-8-10-33(11-9-21)23(36)18-4-2-1-3-5-18/h16-18,20-21H,1-15H2,(H2,27,28,29). The molecule has 4 aliphatic rings. The van der Waals surface area contributed by atoms with Crippen molar-refractivity contribution >= 4 is 23.8 Å². The van der Waals surface area contributed by atoms with Gasteiger partial charge in [-0.15, -0.1) is 0 Å². The molecule has 2 aliphatic heterocycles. The van der Waals surface area contributed by atoms with E-state index in [1.165, 1.54) is 19.3 Å². The molecule has 4 fully saturated rings. The Bertz CT molecular complexity index is 1070. The minimum absolute atomic E-state index is 0.223. The summed E-state index contributed by atoms with van der Waals surface area (Å²) in [7, 11) is 0.